The number of halogens is 1. The second kappa shape index (κ2) is 4.67. The first-order valence-corrected chi connectivity index (χ1v) is 5.50. The van der Waals surface area contributed by atoms with Crippen LogP contribution in [0.25, 0.3) is 0 Å². The number of nitrogens with zero attached hydrogens (tertiary/aromatic N) is 2. The molecule has 0 saturated carbocycles. The van der Waals surface area contributed by atoms with Gasteiger partial charge in [0.2, 0.25) is 5.88 Å². The molecule has 0 N–H and O–H groups in total. The Balaban J connectivity index is 3.09. The van der Waals surface area contributed by atoms with Gasteiger partial charge in [-0.1, -0.05) is 23.4 Å². The topological polar surface area (TPSA) is 35.0 Å². The Morgan fingerprint density at radius 2 is 2.15 bits per heavy atom. The van der Waals surface area contributed by atoms with Gasteiger partial charge >= 0.3 is 0 Å². The molecule has 0 fully saturated rings. The highest BCUT2D eigenvalue weighted by Crippen LogP contribution is 2.26. The summed E-state index contributed by atoms with van der Waals surface area (Å²) in [7, 11) is 0. The van der Waals surface area contributed by atoms with Crippen molar-refractivity contribution in [1.29, 1.82) is 0 Å². The van der Waals surface area contributed by atoms with E-state index in [0.717, 1.165) is 5.69 Å². The van der Waals surface area contributed by atoms with E-state index >= 15 is 0 Å². The molecule has 0 amide bonds. The number of rotatable bonds is 3. The van der Waals surface area contributed by atoms with Crippen molar-refractivity contribution in [2.24, 2.45) is 0 Å². The zero-order valence-electron chi connectivity index (χ0n) is 7.80. The lowest BCUT2D eigenvalue weighted by Crippen LogP contribution is -1.99. The van der Waals surface area contributed by atoms with Gasteiger partial charge < -0.3 is 4.74 Å². The monoisotopic (exact) mass is 218 g/mol. The quantitative estimate of drug-likeness (QED) is 0.577. The second-order valence-corrected chi connectivity index (χ2v) is 3.50. The summed E-state index contributed by atoms with van der Waals surface area (Å²) in [4.78, 5) is 8.31. The van der Waals surface area contributed by atoms with E-state index in [1.54, 1.807) is 0 Å². The van der Waals surface area contributed by atoms with Gasteiger partial charge in [-0.05, 0) is 20.1 Å². The fourth-order valence-electron chi connectivity index (χ4n) is 0.832. The number of hydrogen-bond donors (Lipinski definition) is 0. The minimum absolute atomic E-state index is 0.473. The van der Waals surface area contributed by atoms with E-state index in [4.69, 9.17) is 16.3 Å². The van der Waals surface area contributed by atoms with Gasteiger partial charge in [-0.3, -0.25) is 0 Å². The first-order valence-electron chi connectivity index (χ1n) is 3.90. The molecule has 0 saturated heterocycles. The summed E-state index contributed by atoms with van der Waals surface area (Å²) in [6.45, 7) is 4.29. The molecule has 0 aliphatic rings. The number of aryl methyl sites for hydroxylation is 1. The maximum absolute atomic E-state index is 5.94. The molecular formula is C8H11ClN2OS. The normalized spacial score (nSPS) is 10.2. The Hall–Kier alpha value is -0.480. The third-order valence-corrected chi connectivity index (χ3v) is 2.41. The van der Waals surface area contributed by atoms with Crippen LogP contribution in [0.2, 0.25) is 5.02 Å². The molecule has 1 aromatic rings. The van der Waals surface area contributed by atoms with Crippen LogP contribution in [0.3, 0.4) is 0 Å². The van der Waals surface area contributed by atoms with Crippen molar-refractivity contribution in [2.75, 3.05) is 12.9 Å². The molecule has 72 valence electrons. The minimum Gasteiger partial charge on any atom is -0.477 e. The van der Waals surface area contributed by atoms with Crippen LogP contribution < -0.4 is 4.74 Å². The van der Waals surface area contributed by atoms with Crippen molar-refractivity contribution in [1.82, 2.24) is 9.97 Å². The second-order valence-electron chi connectivity index (χ2n) is 2.35. The molecule has 0 unspecified atom stereocenters. The predicted octanol–water partition coefficient (Wildman–Crippen LogP) is 2.56. The van der Waals surface area contributed by atoms with Gasteiger partial charge in [-0.25, -0.2) is 4.98 Å². The van der Waals surface area contributed by atoms with Crippen LogP contribution in [0.4, 0.5) is 0 Å². The lowest BCUT2D eigenvalue weighted by Gasteiger charge is -2.07. The Morgan fingerprint density at radius 1 is 1.46 bits per heavy atom. The molecule has 13 heavy (non-hydrogen) atoms. The number of hydrogen-bond acceptors (Lipinski definition) is 4. The molecule has 0 spiro atoms. The van der Waals surface area contributed by atoms with Crippen molar-refractivity contribution >= 4 is 23.4 Å². The van der Waals surface area contributed by atoms with Gasteiger partial charge in [0, 0.05) is 0 Å². The zero-order chi connectivity index (χ0) is 9.84. The van der Waals surface area contributed by atoms with E-state index in [9.17, 15) is 0 Å². The smallest absolute Gasteiger partial charge is 0.236 e. The van der Waals surface area contributed by atoms with E-state index in [-0.39, 0.29) is 0 Å². The van der Waals surface area contributed by atoms with Crippen LogP contribution in [-0.4, -0.2) is 22.8 Å². The molecule has 1 aromatic heterocycles. The molecule has 1 heterocycles. The lowest BCUT2D eigenvalue weighted by molar-refractivity contribution is 0.323. The minimum atomic E-state index is 0.473. The first kappa shape index (κ1) is 10.6. The average Bonchev–Trinajstić information content (AvgIpc) is 2.13. The third-order valence-electron chi connectivity index (χ3n) is 1.43. The number of ether oxygens (including phenoxy) is 1. The molecule has 0 aromatic carbocycles. The van der Waals surface area contributed by atoms with Gasteiger partial charge in [0.25, 0.3) is 0 Å². The molecule has 0 aliphatic heterocycles. The maximum Gasteiger partial charge on any atom is 0.236 e. The highest BCUT2D eigenvalue weighted by Gasteiger charge is 2.09. The molecule has 0 radical (unpaired) electrons. The fraction of sp³-hybridized carbons (Fsp3) is 0.500. The molecule has 0 atom stereocenters. The highest BCUT2D eigenvalue weighted by atomic mass is 35.5. The van der Waals surface area contributed by atoms with Crippen molar-refractivity contribution < 1.29 is 4.74 Å². The summed E-state index contributed by atoms with van der Waals surface area (Å²) in [6, 6.07) is 0. The SMILES string of the molecule is CCOc1nc(SC)nc(C)c1Cl. The predicted molar refractivity (Wildman–Crippen MR) is 54.7 cm³/mol. The van der Waals surface area contributed by atoms with Crippen molar-refractivity contribution in [3.05, 3.63) is 10.7 Å². The molecule has 1 rings (SSSR count). The summed E-state index contributed by atoms with van der Waals surface area (Å²) in [5, 5.41) is 1.19. The zero-order valence-corrected chi connectivity index (χ0v) is 9.37. The molecule has 5 heteroatoms. The van der Waals surface area contributed by atoms with Crippen molar-refractivity contribution in [2.45, 2.75) is 19.0 Å². The van der Waals surface area contributed by atoms with E-state index in [2.05, 4.69) is 9.97 Å². The van der Waals surface area contributed by atoms with Crippen LogP contribution in [-0.2, 0) is 0 Å². The third kappa shape index (κ3) is 2.48. The average molecular weight is 219 g/mol. The van der Waals surface area contributed by atoms with Gasteiger partial charge in [-0.15, -0.1) is 0 Å². The Labute approximate surface area is 86.9 Å². The lowest BCUT2D eigenvalue weighted by atomic mass is 10.4. The van der Waals surface area contributed by atoms with Crippen molar-refractivity contribution in [3.63, 3.8) is 0 Å². The number of thioether (sulfide) groups is 1. The Bertz CT molecular complexity index is 306. The van der Waals surface area contributed by atoms with E-state index < -0.39 is 0 Å². The van der Waals surface area contributed by atoms with E-state index in [0.29, 0.717) is 22.7 Å². The van der Waals surface area contributed by atoms with Crippen LogP contribution in [0.5, 0.6) is 5.88 Å². The molecule has 0 aliphatic carbocycles. The summed E-state index contributed by atoms with van der Waals surface area (Å²) in [5.41, 5.74) is 0.754. The van der Waals surface area contributed by atoms with Gasteiger partial charge in [0.05, 0.1) is 12.3 Å². The van der Waals surface area contributed by atoms with Gasteiger partial charge in [0.1, 0.15) is 5.02 Å². The maximum atomic E-state index is 5.94. The van der Waals surface area contributed by atoms with Crippen LogP contribution in [0, 0.1) is 6.92 Å². The fourth-order valence-corrected chi connectivity index (χ4v) is 1.37. The van der Waals surface area contributed by atoms with Gasteiger partial charge in [0.15, 0.2) is 5.16 Å². The number of aromatic nitrogens is 2. The Kier molecular flexibility index (Phi) is 3.81. The first-order chi connectivity index (χ1) is 6.19. The highest BCUT2D eigenvalue weighted by molar-refractivity contribution is 7.98. The summed E-state index contributed by atoms with van der Waals surface area (Å²) in [6.07, 6.45) is 1.92. The molecule has 0 bridgehead atoms. The summed E-state index contributed by atoms with van der Waals surface area (Å²) >= 11 is 7.41. The molecule has 3 nitrogen and oxygen atoms in total. The van der Waals surface area contributed by atoms with Crippen LogP contribution in [0.1, 0.15) is 12.6 Å². The van der Waals surface area contributed by atoms with Gasteiger partial charge in [-0.2, -0.15) is 4.98 Å². The summed E-state index contributed by atoms with van der Waals surface area (Å²) < 4.78 is 5.26. The summed E-state index contributed by atoms with van der Waals surface area (Å²) in [5.74, 6) is 0.473. The largest absolute Gasteiger partial charge is 0.477 e. The van der Waals surface area contributed by atoms with E-state index in [1.165, 1.54) is 11.8 Å². The van der Waals surface area contributed by atoms with Crippen molar-refractivity contribution in [3.8, 4) is 5.88 Å². The molecular weight excluding hydrogens is 208 g/mol. The van der Waals surface area contributed by atoms with Crippen LogP contribution >= 0.6 is 23.4 Å². The standard InChI is InChI=1S/C8H11ClN2OS/c1-4-12-7-6(9)5(2)10-8(11-7)13-3/h4H2,1-3H3. The Morgan fingerprint density at radius 3 is 2.69 bits per heavy atom. The van der Waals surface area contributed by atoms with Crippen LogP contribution in [0.15, 0.2) is 5.16 Å². The van der Waals surface area contributed by atoms with E-state index in [1.807, 2.05) is 20.1 Å².